The highest BCUT2D eigenvalue weighted by Crippen LogP contribution is 2.20. The van der Waals surface area contributed by atoms with Crippen LogP contribution in [0.4, 0.5) is 5.69 Å². The Morgan fingerprint density at radius 1 is 1.23 bits per heavy atom. The molecule has 1 aromatic carbocycles. The van der Waals surface area contributed by atoms with Gasteiger partial charge in [-0.3, -0.25) is 19.7 Å². The first-order valence-electron chi connectivity index (χ1n) is 8.39. The molecule has 0 saturated carbocycles. The molecule has 1 aliphatic rings. The van der Waals surface area contributed by atoms with Crippen LogP contribution in [-0.4, -0.2) is 41.3 Å². The average Bonchev–Trinajstić information content (AvgIpc) is 3.20. The molecule has 0 bridgehead atoms. The van der Waals surface area contributed by atoms with Crippen LogP contribution in [0.3, 0.4) is 0 Å². The van der Waals surface area contributed by atoms with E-state index in [1.54, 1.807) is 17.0 Å². The Bertz CT molecular complexity index is 795. The molecule has 0 spiro atoms. The Labute approximate surface area is 149 Å². The molecule has 2 amide bonds. The van der Waals surface area contributed by atoms with E-state index in [4.69, 9.17) is 4.42 Å². The number of rotatable bonds is 5. The minimum atomic E-state index is -0.561. The Hall–Kier alpha value is -3.16. The van der Waals surface area contributed by atoms with E-state index >= 15 is 0 Å². The molecule has 1 fully saturated rings. The normalized spacial score (nSPS) is 14.8. The predicted molar refractivity (Wildman–Crippen MR) is 92.8 cm³/mol. The lowest BCUT2D eigenvalue weighted by Crippen LogP contribution is -2.41. The van der Waals surface area contributed by atoms with Crippen molar-refractivity contribution in [2.45, 2.75) is 12.8 Å². The molecular formula is C18H19N3O5. The van der Waals surface area contributed by atoms with Gasteiger partial charge in [-0.1, -0.05) is 12.1 Å². The Morgan fingerprint density at radius 3 is 2.62 bits per heavy atom. The van der Waals surface area contributed by atoms with Gasteiger partial charge >= 0.3 is 0 Å². The van der Waals surface area contributed by atoms with Crippen molar-refractivity contribution in [1.29, 1.82) is 0 Å². The standard InChI is InChI=1S/C18H19N3O5/c22-17(15-3-1-2-4-16(15)21(24)25)19-11-13-5-8-20(9-6-13)18(23)14-7-10-26-12-14/h1-4,7,10,12-13H,5-6,8-9,11H2,(H,19,22). The van der Waals surface area contributed by atoms with Gasteiger partial charge in [-0.2, -0.15) is 0 Å². The molecule has 8 heteroatoms. The van der Waals surface area contributed by atoms with Crippen LogP contribution in [-0.2, 0) is 0 Å². The molecule has 0 aliphatic carbocycles. The summed E-state index contributed by atoms with van der Waals surface area (Å²) in [6.45, 7) is 1.64. The number of benzene rings is 1. The van der Waals surface area contributed by atoms with Crippen LogP contribution in [0.1, 0.15) is 33.6 Å². The third-order valence-electron chi connectivity index (χ3n) is 4.57. The van der Waals surface area contributed by atoms with Crippen LogP contribution in [0.5, 0.6) is 0 Å². The second kappa shape index (κ2) is 7.81. The summed E-state index contributed by atoms with van der Waals surface area (Å²) in [5.74, 6) is -0.273. The van der Waals surface area contributed by atoms with E-state index in [1.165, 1.54) is 30.7 Å². The minimum Gasteiger partial charge on any atom is -0.472 e. The van der Waals surface area contributed by atoms with Gasteiger partial charge in [0.1, 0.15) is 11.8 Å². The molecule has 1 N–H and O–H groups in total. The molecular weight excluding hydrogens is 338 g/mol. The van der Waals surface area contributed by atoms with Crippen LogP contribution >= 0.6 is 0 Å². The zero-order chi connectivity index (χ0) is 18.5. The van der Waals surface area contributed by atoms with Gasteiger partial charge < -0.3 is 14.6 Å². The Balaban J connectivity index is 1.50. The van der Waals surface area contributed by atoms with E-state index in [-0.39, 0.29) is 23.1 Å². The van der Waals surface area contributed by atoms with E-state index in [2.05, 4.69) is 5.32 Å². The highest BCUT2D eigenvalue weighted by molar-refractivity contribution is 5.98. The molecule has 136 valence electrons. The second-order valence-electron chi connectivity index (χ2n) is 6.23. The maximum atomic E-state index is 12.3. The van der Waals surface area contributed by atoms with Gasteiger partial charge in [-0.15, -0.1) is 0 Å². The van der Waals surface area contributed by atoms with Gasteiger partial charge in [0.15, 0.2) is 0 Å². The topological polar surface area (TPSA) is 106 Å². The third-order valence-corrected chi connectivity index (χ3v) is 4.57. The van der Waals surface area contributed by atoms with Crippen LogP contribution in [0, 0.1) is 16.0 Å². The first-order valence-corrected chi connectivity index (χ1v) is 8.39. The lowest BCUT2D eigenvalue weighted by molar-refractivity contribution is -0.385. The monoisotopic (exact) mass is 357 g/mol. The summed E-state index contributed by atoms with van der Waals surface area (Å²) in [4.78, 5) is 36.7. The molecule has 2 aromatic rings. The van der Waals surface area contributed by atoms with Crippen molar-refractivity contribution in [3.63, 3.8) is 0 Å². The smallest absolute Gasteiger partial charge is 0.282 e. The number of carbonyl (C=O) groups is 2. The molecule has 2 heterocycles. The summed E-state index contributed by atoms with van der Waals surface area (Å²) in [6, 6.07) is 7.53. The zero-order valence-corrected chi connectivity index (χ0v) is 14.1. The lowest BCUT2D eigenvalue weighted by atomic mass is 9.96. The molecule has 26 heavy (non-hydrogen) atoms. The number of furan rings is 1. The number of nitro groups is 1. The first-order chi connectivity index (χ1) is 12.6. The summed E-state index contributed by atoms with van der Waals surface area (Å²) in [7, 11) is 0. The number of likely N-dealkylation sites (tertiary alicyclic amines) is 1. The zero-order valence-electron chi connectivity index (χ0n) is 14.1. The van der Waals surface area contributed by atoms with Crippen LogP contribution in [0.2, 0.25) is 0 Å². The SMILES string of the molecule is O=C(NCC1CCN(C(=O)c2ccoc2)CC1)c1ccccc1[N+](=O)[O-]. The first kappa shape index (κ1) is 17.7. The van der Waals surface area contributed by atoms with Gasteiger partial charge in [-0.25, -0.2) is 0 Å². The van der Waals surface area contributed by atoms with Gasteiger partial charge in [0.2, 0.25) is 0 Å². The fourth-order valence-corrected chi connectivity index (χ4v) is 3.07. The summed E-state index contributed by atoms with van der Waals surface area (Å²) in [5.41, 5.74) is 0.392. The molecule has 1 aliphatic heterocycles. The number of nitrogens with zero attached hydrogens (tertiary/aromatic N) is 2. The summed E-state index contributed by atoms with van der Waals surface area (Å²) in [6.07, 6.45) is 4.43. The van der Waals surface area contributed by atoms with E-state index in [1.807, 2.05) is 0 Å². The lowest BCUT2D eigenvalue weighted by Gasteiger charge is -2.31. The Morgan fingerprint density at radius 2 is 1.96 bits per heavy atom. The molecule has 0 radical (unpaired) electrons. The quantitative estimate of drug-likeness (QED) is 0.653. The summed E-state index contributed by atoms with van der Waals surface area (Å²) in [5, 5.41) is 13.8. The van der Waals surface area contributed by atoms with Crippen molar-refractivity contribution in [1.82, 2.24) is 10.2 Å². The van der Waals surface area contributed by atoms with Crippen LogP contribution in [0.25, 0.3) is 0 Å². The molecule has 8 nitrogen and oxygen atoms in total. The molecule has 0 atom stereocenters. The number of nitrogens with one attached hydrogen (secondary N) is 1. The van der Waals surface area contributed by atoms with Crippen molar-refractivity contribution in [3.05, 3.63) is 64.1 Å². The van der Waals surface area contributed by atoms with E-state index in [0.717, 1.165) is 12.8 Å². The molecule has 0 unspecified atom stereocenters. The number of carbonyl (C=O) groups excluding carboxylic acids is 2. The fourth-order valence-electron chi connectivity index (χ4n) is 3.07. The van der Waals surface area contributed by atoms with Gasteiger partial charge in [0.05, 0.1) is 16.7 Å². The number of amides is 2. The van der Waals surface area contributed by atoms with E-state index in [9.17, 15) is 19.7 Å². The number of hydrogen-bond donors (Lipinski definition) is 1. The van der Waals surface area contributed by atoms with Gasteiger partial charge in [-0.05, 0) is 30.9 Å². The summed E-state index contributed by atoms with van der Waals surface area (Å²) < 4.78 is 4.94. The third kappa shape index (κ3) is 3.90. The molecule has 1 aromatic heterocycles. The maximum absolute atomic E-state index is 12.3. The van der Waals surface area contributed by atoms with Gasteiger partial charge in [0.25, 0.3) is 17.5 Å². The fraction of sp³-hybridized carbons (Fsp3) is 0.333. The van der Waals surface area contributed by atoms with Gasteiger partial charge in [0, 0.05) is 25.7 Å². The Kier molecular flexibility index (Phi) is 5.31. The van der Waals surface area contributed by atoms with Crippen molar-refractivity contribution in [3.8, 4) is 0 Å². The molecule has 3 rings (SSSR count). The van der Waals surface area contributed by atoms with Crippen molar-refractivity contribution in [2.75, 3.05) is 19.6 Å². The second-order valence-corrected chi connectivity index (χ2v) is 6.23. The summed E-state index contributed by atoms with van der Waals surface area (Å²) >= 11 is 0. The van der Waals surface area contributed by atoms with E-state index < -0.39 is 10.8 Å². The van der Waals surface area contributed by atoms with Crippen molar-refractivity contribution in [2.24, 2.45) is 5.92 Å². The largest absolute Gasteiger partial charge is 0.472 e. The van der Waals surface area contributed by atoms with Crippen LogP contribution < -0.4 is 5.32 Å². The highest BCUT2D eigenvalue weighted by Gasteiger charge is 2.25. The number of hydrogen-bond acceptors (Lipinski definition) is 5. The number of nitro benzene ring substituents is 1. The van der Waals surface area contributed by atoms with Crippen molar-refractivity contribution < 1.29 is 18.9 Å². The maximum Gasteiger partial charge on any atom is 0.282 e. The minimum absolute atomic E-state index is 0.0545. The van der Waals surface area contributed by atoms with E-state index in [0.29, 0.717) is 25.2 Å². The highest BCUT2D eigenvalue weighted by atomic mass is 16.6. The average molecular weight is 357 g/mol. The van der Waals surface area contributed by atoms with Crippen molar-refractivity contribution >= 4 is 17.5 Å². The van der Waals surface area contributed by atoms with Crippen LogP contribution in [0.15, 0.2) is 47.3 Å². The number of para-hydroxylation sites is 1. The predicted octanol–water partition coefficient (Wildman–Crippen LogP) is 2.47. The number of piperidine rings is 1. The molecule has 1 saturated heterocycles.